The quantitative estimate of drug-likeness (QED) is 0.764. The van der Waals surface area contributed by atoms with Gasteiger partial charge in [-0.05, 0) is 42.5 Å². The van der Waals surface area contributed by atoms with Gasteiger partial charge in [0.15, 0.2) is 0 Å². The van der Waals surface area contributed by atoms with Crippen LogP contribution in [0.3, 0.4) is 0 Å². The molecule has 0 aliphatic carbocycles. The molecule has 0 amide bonds. The lowest BCUT2D eigenvalue weighted by atomic mass is 10.1. The molecule has 2 aromatic rings. The normalized spacial score (nSPS) is 14.4. The summed E-state index contributed by atoms with van der Waals surface area (Å²) in [6.07, 6.45) is 0. The van der Waals surface area contributed by atoms with Gasteiger partial charge in [-0.1, -0.05) is 45.7 Å². The number of hydrogen-bond donors (Lipinski definition) is 1. The molecule has 0 saturated carbocycles. The van der Waals surface area contributed by atoms with Gasteiger partial charge in [-0.3, -0.25) is 0 Å². The van der Waals surface area contributed by atoms with Crippen molar-refractivity contribution in [2.45, 2.75) is 25.9 Å². The summed E-state index contributed by atoms with van der Waals surface area (Å²) in [7, 11) is 0. The van der Waals surface area contributed by atoms with Gasteiger partial charge in [0.2, 0.25) is 0 Å². The van der Waals surface area contributed by atoms with E-state index in [0.29, 0.717) is 0 Å². The molecule has 4 heteroatoms. The fourth-order valence-electron chi connectivity index (χ4n) is 1.94. The van der Waals surface area contributed by atoms with Gasteiger partial charge in [-0.2, -0.15) is 0 Å². The van der Waals surface area contributed by atoms with Gasteiger partial charge >= 0.3 is 0 Å². The summed E-state index contributed by atoms with van der Waals surface area (Å²) < 4.78 is 1.98. The molecular formula is C14H15BrClNS. The van der Waals surface area contributed by atoms with Crippen LogP contribution in [-0.4, -0.2) is 0 Å². The van der Waals surface area contributed by atoms with E-state index in [9.17, 15) is 0 Å². The first-order valence-electron chi connectivity index (χ1n) is 5.82. The Bertz CT molecular complexity index is 526. The molecule has 0 fully saturated rings. The van der Waals surface area contributed by atoms with E-state index in [0.717, 1.165) is 8.81 Å². The number of benzene rings is 1. The molecule has 0 radical (unpaired) electrons. The molecule has 0 spiro atoms. The van der Waals surface area contributed by atoms with Crippen molar-refractivity contribution >= 4 is 38.9 Å². The maximum Gasteiger partial charge on any atom is 0.0931 e. The zero-order chi connectivity index (χ0) is 13.1. The molecule has 0 saturated heterocycles. The van der Waals surface area contributed by atoms with Crippen LogP contribution in [0.2, 0.25) is 4.34 Å². The number of rotatable bonds is 4. The molecule has 18 heavy (non-hydrogen) atoms. The minimum atomic E-state index is 0.286. The Morgan fingerprint density at radius 2 is 1.94 bits per heavy atom. The van der Waals surface area contributed by atoms with Crippen LogP contribution in [0.25, 0.3) is 0 Å². The monoisotopic (exact) mass is 343 g/mol. The first-order valence-corrected chi connectivity index (χ1v) is 7.87. The summed E-state index contributed by atoms with van der Waals surface area (Å²) in [6.45, 7) is 4.33. The van der Waals surface area contributed by atoms with Crippen molar-refractivity contribution in [3.05, 3.63) is 55.6 Å². The molecular weight excluding hydrogens is 330 g/mol. The molecule has 2 rings (SSSR count). The summed E-state index contributed by atoms with van der Waals surface area (Å²) >= 11 is 11.1. The zero-order valence-electron chi connectivity index (χ0n) is 10.3. The van der Waals surface area contributed by atoms with E-state index in [2.05, 4.69) is 58.7 Å². The van der Waals surface area contributed by atoms with Gasteiger partial charge in [0, 0.05) is 16.6 Å². The molecule has 0 aliphatic rings. The topological polar surface area (TPSA) is 12.0 Å². The van der Waals surface area contributed by atoms with E-state index in [-0.39, 0.29) is 12.1 Å². The molecule has 0 aliphatic heterocycles. The Kier molecular flexibility index (Phi) is 4.84. The van der Waals surface area contributed by atoms with Crippen molar-refractivity contribution in [2.24, 2.45) is 0 Å². The van der Waals surface area contributed by atoms with Crippen molar-refractivity contribution in [3.8, 4) is 0 Å². The van der Waals surface area contributed by atoms with Crippen molar-refractivity contribution in [1.29, 1.82) is 0 Å². The lowest BCUT2D eigenvalue weighted by Gasteiger charge is -2.20. The van der Waals surface area contributed by atoms with E-state index in [1.165, 1.54) is 11.1 Å². The van der Waals surface area contributed by atoms with Crippen molar-refractivity contribution < 1.29 is 0 Å². The first kappa shape index (κ1) is 14.1. The summed E-state index contributed by atoms with van der Waals surface area (Å²) in [5.41, 5.74) is 2.51. The van der Waals surface area contributed by atoms with Crippen LogP contribution in [0.5, 0.6) is 0 Å². The third-order valence-corrected chi connectivity index (χ3v) is 4.79. The highest BCUT2D eigenvalue weighted by molar-refractivity contribution is 9.10. The molecule has 1 unspecified atom stereocenters. The molecule has 1 aromatic heterocycles. The second kappa shape index (κ2) is 6.20. The minimum Gasteiger partial charge on any atom is -0.304 e. The van der Waals surface area contributed by atoms with Crippen LogP contribution in [-0.2, 0) is 0 Å². The lowest BCUT2D eigenvalue weighted by molar-refractivity contribution is 0.494. The highest BCUT2D eigenvalue weighted by Crippen LogP contribution is 2.28. The summed E-state index contributed by atoms with van der Waals surface area (Å²) in [6, 6.07) is 10.9. The number of nitrogens with one attached hydrogen (secondary N) is 1. The summed E-state index contributed by atoms with van der Waals surface area (Å²) in [5, 5.41) is 5.69. The van der Waals surface area contributed by atoms with E-state index >= 15 is 0 Å². The maximum absolute atomic E-state index is 5.97. The smallest absolute Gasteiger partial charge is 0.0931 e. The zero-order valence-corrected chi connectivity index (χ0v) is 13.4. The maximum atomic E-state index is 5.97. The number of thiophene rings is 1. The standard InChI is InChI=1S/C14H15BrClNS/c1-9(11-7-14(16)18-8-11)17-10(2)12-5-3-4-6-13(12)15/h3-10,17H,1-2H3/t9?,10-/m1/s1. The Hall–Kier alpha value is -0.350. The van der Waals surface area contributed by atoms with E-state index < -0.39 is 0 Å². The Morgan fingerprint density at radius 3 is 2.56 bits per heavy atom. The predicted molar refractivity (Wildman–Crippen MR) is 83.4 cm³/mol. The van der Waals surface area contributed by atoms with Crippen LogP contribution < -0.4 is 5.32 Å². The van der Waals surface area contributed by atoms with E-state index in [1.54, 1.807) is 11.3 Å². The van der Waals surface area contributed by atoms with Crippen LogP contribution >= 0.6 is 38.9 Å². The average Bonchev–Trinajstić information content (AvgIpc) is 2.76. The van der Waals surface area contributed by atoms with Crippen molar-refractivity contribution in [2.75, 3.05) is 0 Å². The summed E-state index contributed by atoms with van der Waals surface area (Å²) in [5.74, 6) is 0. The van der Waals surface area contributed by atoms with E-state index in [1.807, 2.05) is 12.1 Å². The second-order valence-electron chi connectivity index (χ2n) is 4.32. The lowest BCUT2D eigenvalue weighted by Crippen LogP contribution is -2.22. The fraction of sp³-hybridized carbons (Fsp3) is 0.286. The predicted octanol–water partition coefficient (Wildman–Crippen LogP) is 5.58. The first-order chi connectivity index (χ1) is 8.58. The molecule has 96 valence electrons. The average molecular weight is 345 g/mol. The van der Waals surface area contributed by atoms with Gasteiger partial charge in [-0.25, -0.2) is 0 Å². The van der Waals surface area contributed by atoms with Gasteiger partial charge in [0.25, 0.3) is 0 Å². The fourth-order valence-corrected chi connectivity index (χ4v) is 3.55. The van der Waals surface area contributed by atoms with E-state index in [4.69, 9.17) is 11.6 Å². The molecule has 1 nitrogen and oxygen atoms in total. The Labute approximate surface area is 125 Å². The summed E-state index contributed by atoms with van der Waals surface area (Å²) in [4.78, 5) is 0. The van der Waals surface area contributed by atoms with Gasteiger partial charge in [0.05, 0.1) is 4.34 Å². The highest BCUT2D eigenvalue weighted by Gasteiger charge is 2.13. The van der Waals surface area contributed by atoms with Crippen LogP contribution in [0.4, 0.5) is 0 Å². The molecule has 1 aromatic carbocycles. The van der Waals surface area contributed by atoms with Crippen molar-refractivity contribution in [1.82, 2.24) is 5.32 Å². The van der Waals surface area contributed by atoms with Crippen LogP contribution in [0.1, 0.15) is 37.1 Å². The molecule has 2 atom stereocenters. The molecule has 0 bridgehead atoms. The largest absolute Gasteiger partial charge is 0.304 e. The highest BCUT2D eigenvalue weighted by atomic mass is 79.9. The van der Waals surface area contributed by atoms with Crippen molar-refractivity contribution in [3.63, 3.8) is 0 Å². The Balaban J connectivity index is 2.08. The van der Waals surface area contributed by atoms with Gasteiger partial charge in [0.1, 0.15) is 0 Å². The third kappa shape index (κ3) is 3.35. The second-order valence-corrected chi connectivity index (χ2v) is 6.71. The minimum absolute atomic E-state index is 0.286. The Morgan fingerprint density at radius 1 is 1.22 bits per heavy atom. The van der Waals surface area contributed by atoms with Crippen LogP contribution in [0.15, 0.2) is 40.2 Å². The van der Waals surface area contributed by atoms with Gasteiger partial charge < -0.3 is 5.32 Å². The molecule has 1 heterocycles. The number of hydrogen-bond acceptors (Lipinski definition) is 2. The number of halogens is 2. The van der Waals surface area contributed by atoms with Crippen LogP contribution in [0, 0.1) is 0 Å². The SMILES string of the molecule is CC(N[C@H](C)c1ccccc1Br)c1csc(Cl)c1. The van der Waals surface area contributed by atoms with Gasteiger partial charge in [-0.15, -0.1) is 11.3 Å². The molecule has 1 N–H and O–H groups in total. The third-order valence-electron chi connectivity index (χ3n) is 2.96.